The summed E-state index contributed by atoms with van der Waals surface area (Å²) in [7, 11) is 0. The lowest BCUT2D eigenvalue weighted by Crippen LogP contribution is -2.50. The molecule has 0 aliphatic carbocycles. The first-order valence-corrected chi connectivity index (χ1v) is 5.49. The fourth-order valence-electron chi connectivity index (χ4n) is 1.95. The van der Waals surface area contributed by atoms with Crippen molar-refractivity contribution in [1.82, 2.24) is 14.7 Å². The maximum atomic E-state index is 11.7. The number of rotatable bonds is 1. The number of anilines is 2. The van der Waals surface area contributed by atoms with Crippen LogP contribution in [-0.2, 0) is 4.79 Å². The van der Waals surface area contributed by atoms with Crippen LogP contribution in [0.15, 0.2) is 24.5 Å². The second-order valence-corrected chi connectivity index (χ2v) is 4.07. The van der Waals surface area contributed by atoms with Crippen molar-refractivity contribution in [2.24, 2.45) is 0 Å². The highest BCUT2D eigenvalue weighted by molar-refractivity contribution is 6.04. The zero-order chi connectivity index (χ0) is 12.7. The van der Waals surface area contributed by atoms with E-state index < -0.39 is 6.03 Å². The minimum atomic E-state index is -0.457. The molecule has 2 aromatic rings. The summed E-state index contributed by atoms with van der Waals surface area (Å²) in [5, 5.41) is 2.26. The minimum absolute atomic E-state index is 0.267. The highest BCUT2D eigenvalue weighted by Crippen LogP contribution is 2.19. The van der Waals surface area contributed by atoms with E-state index in [0.29, 0.717) is 18.2 Å². The van der Waals surface area contributed by atoms with E-state index in [1.165, 1.54) is 4.90 Å². The van der Waals surface area contributed by atoms with Gasteiger partial charge in [-0.2, -0.15) is 0 Å². The zero-order valence-electron chi connectivity index (χ0n) is 9.46. The summed E-state index contributed by atoms with van der Waals surface area (Å²) < 4.78 is 1.73. The molecule has 1 aliphatic heterocycles. The number of urea groups is 1. The van der Waals surface area contributed by atoms with Gasteiger partial charge in [0.25, 0.3) is 0 Å². The molecule has 1 fully saturated rings. The predicted molar refractivity (Wildman–Crippen MR) is 65.1 cm³/mol. The van der Waals surface area contributed by atoms with Crippen LogP contribution in [0.2, 0.25) is 0 Å². The van der Waals surface area contributed by atoms with Gasteiger partial charge in [0.1, 0.15) is 0 Å². The topological polar surface area (TPSA) is 92.7 Å². The molecule has 0 unspecified atom stereocenters. The van der Waals surface area contributed by atoms with Crippen LogP contribution >= 0.6 is 0 Å². The smallest absolute Gasteiger partial charge is 0.330 e. The van der Waals surface area contributed by atoms with Gasteiger partial charge in [0.15, 0.2) is 0 Å². The molecule has 0 spiro atoms. The Bertz CT molecular complexity index is 648. The van der Waals surface area contributed by atoms with Crippen molar-refractivity contribution >= 4 is 29.1 Å². The van der Waals surface area contributed by atoms with Gasteiger partial charge in [-0.3, -0.25) is 19.4 Å². The van der Waals surface area contributed by atoms with Gasteiger partial charge in [-0.1, -0.05) is 0 Å². The van der Waals surface area contributed by atoms with Crippen LogP contribution in [-0.4, -0.2) is 27.9 Å². The first kappa shape index (κ1) is 10.6. The number of fused-ring (bicyclic) bond motifs is 1. The summed E-state index contributed by atoms with van der Waals surface area (Å²) in [4.78, 5) is 28.5. The highest BCUT2D eigenvalue weighted by Gasteiger charge is 2.26. The number of carbonyl (C=O) groups excluding carboxylic acids is 2. The molecule has 92 valence electrons. The molecule has 18 heavy (non-hydrogen) atoms. The molecule has 3 rings (SSSR count). The Morgan fingerprint density at radius 1 is 1.33 bits per heavy atom. The first-order chi connectivity index (χ1) is 8.65. The van der Waals surface area contributed by atoms with E-state index in [0.717, 1.165) is 5.52 Å². The molecular formula is C11H11N5O2. The van der Waals surface area contributed by atoms with Crippen LogP contribution in [0.5, 0.6) is 0 Å². The molecule has 3 heterocycles. The largest absolute Gasteiger partial charge is 0.398 e. The first-order valence-electron chi connectivity index (χ1n) is 5.49. The van der Waals surface area contributed by atoms with Crippen LogP contribution < -0.4 is 16.0 Å². The average Bonchev–Trinajstić information content (AvgIpc) is 2.72. The summed E-state index contributed by atoms with van der Waals surface area (Å²) in [6, 6.07) is 3.13. The maximum Gasteiger partial charge on any atom is 0.330 e. The van der Waals surface area contributed by atoms with Crippen LogP contribution in [0.1, 0.15) is 6.42 Å². The number of carbonyl (C=O) groups is 2. The molecule has 0 bridgehead atoms. The van der Waals surface area contributed by atoms with E-state index in [9.17, 15) is 9.59 Å². The Kier molecular flexibility index (Phi) is 2.19. The van der Waals surface area contributed by atoms with Gasteiger partial charge in [-0.05, 0) is 12.1 Å². The molecule has 0 aromatic carbocycles. The molecule has 0 atom stereocenters. The Balaban J connectivity index is 2.06. The lowest BCUT2D eigenvalue weighted by molar-refractivity contribution is -0.120. The number of aromatic nitrogens is 2. The number of pyridine rings is 1. The Labute approximate surface area is 102 Å². The third-order valence-corrected chi connectivity index (χ3v) is 2.83. The number of nitrogens with one attached hydrogen (secondary N) is 1. The van der Waals surface area contributed by atoms with E-state index in [4.69, 9.17) is 5.73 Å². The summed E-state index contributed by atoms with van der Waals surface area (Å²) in [5.41, 5.74) is 7.13. The SMILES string of the molecule is Nc1ccc2cnc(N3CCC(=O)NC3=O)n2c1. The van der Waals surface area contributed by atoms with E-state index in [1.54, 1.807) is 22.9 Å². The normalized spacial score (nSPS) is 16.1. The molecule has 1 aliphatic rings. The lowest BCUT2D eigenvalue weighted by atomic mass is 10.3. The van der Waals surface area contributed by atoms with Crippen molar-refractivity contribution < 1.29 is 9.59 Å². The number of nitrogens with two attached hydrogens (primary N) is 1. The predicted octanol–water partition coefficient (Wildman–Crippen LogP) is 0.363. The van der Waals surface area contributed by atoms with Gasteiger partial charge in [0, 0.05) is 24.8 Å². The zero-order valence-corrected chi connectivity index (χ0v) is 9.46. The van der Waals surface area contributed by atoms with Crippen molar-refractivity contribution in [2.75, 3.05) is 17.2 Å². The van der Waals surface area contributed by atoms with Crippen molar-refractivity contribution in [3.63, 3.8) is 0 Å². The van der Waals surface area contributed by atoms with Gasteiger partial charge >= 0.3 is 6.03 Å². The average molecular weight is 245 g/mol. The molecule has 3 N–H and O–H groups in total. The number of amides is 3. The molecule has 1 saturated heterocycles. The van der Waals surface area contributed by atoms with Gasteiger partial charge in [0.2, 0.25) is 11.9 Å². The number of hydrogen-bond donors (Lipinski definition) is 2. The third kappa shape index (κ3) is 1.56. The number of imide groups is 1. The van der Waals surface area contributed by atoms with Crippen molar-refractivity contribution in [3.8, 4) is 0 Å². The summed E-state index contributed by atoms with van der Waals surface area (Å²) in [6.07, 6.45) is 3.61. The molecule has 7 nitrogen and oxygen atoms in total. The molecule has 2 aromatic heterocycles. The molecule has 7 heteroatoms. The summed E-state index contributed by atoms with van der Waals surface area (Å²) in [5.74, 6) is 0.193. The number of imidazole rings is 1. The maximum absolute atomic E-state index is 11.7. The van der Waals surface area contributed by atoms with Crippen LogP contribution in [0.25, 0.3) is 5.52 Å². The summed E-state index contributed by atoms with van der Waals surface area (Å²) in [6.45, 7) is 0.318. The van der Waals surface area contributed by atoms with Crippen LogP contribution in [0, 0.1) is 0 Å². The second kappa shape index (κ2) is 3.73. The minimum Gasteiger partial charge on any atom is -0.398 e. The fourth-order valence-corrected chi connectivity index (χ4v) is 1.95. The molecule has 3 amide bonds. The highest BCUT2D eigenvalue weighted by atomic mass is 16.2. The van der Waals surface area contributed by atoms with Crippen molar-refractivity contribution in [1.29, 1.82) is 0 Å². The van der Waals surface area contributed by atoms with Crippen LogP contribution in [0.3, 0.4) is 0 Å². The Morgan fingerprint density at radius 3 is 2.94 bits per heavy atom. The Hall–Kier alpha value is -2.57. The van der Waals surface area contributed by atoms with E-state index in [2.05, 4.69) is 10.3 Å². The standard InChI is InChI=1S/C11H11N5O2/c12-7-1-2-8-5-13-10(16(8)6-7)15-4-3-9(17)14-11(15)18/h1-2,5-6H,3-4,12H2,(H,14,17,18). The molecular weight excluding hydrogens is 234 g/mol. The number of nitrogen functional groups attached to an aromatic ring is 1. The van der Waals surface area contributed by atoms with E-state index in [-0.39, 0.29) is 12.3 Å². The fraction of sp³-hybridized carbons (Fsp3) is 0.182. The van der Waals surface area contributed by atoms with Crippen molar-refractivity contribution in [2.45, 2.75) is 6.42 Å². The molecule has 0 saturated carbocycles. The third-order valence-electron chi connectivity index (χ3n) is 2.83. The lowest BCUT2D eigenvalue weighted by Gasteiger charge is -2.24. The van der Waals surface area contributed by atoms with Gasteiger partial charge in [0.05, 0.1) is 11.7 Å². The summed E-state index contributed by atoms with van der Waals surface area (Å²) >= 11 is 0. The van der Waals surface area contributed by atoms with E-state index >= 15 is 0 Å². The Morgan fingerprint density at radius 2 is 2.17 bits per heavy atom. The van der Waals surface area contributed by atoms with Gasteiger partial charge in [-0.25, -0.2) is 9.78 Å². The van der Waals surface area contributed by atoms with Crippen LogP contribution in [0.4, 0.5) is 16.4 Å². The number of hydrogen-bond acceptors (Lipinski definition) is 4. The van der Waals surface area contributed by atoms with E-state index in [1.807, 2.05) is 6.07 Å². The second-order valence-electron chi connectivity index (χ2n) is 4.07. The van der Waals surface area contributed by atoms with Crippen molar-refractivity contribution in [3.05, 3.63) is 24.5 Å². The number of nitrogens with zero attached hydrogens (tertiary/aromatic N) is 3. The molecule has 0 radical (unpaired) electrons. The van der Waals surface area contributed by atoms with Gasteiger partial charge in [-0.15, -0.1) is 0 Å². The van der Waals surface area contributed by atoms with Gasteiger partial charge < -0.3 is 5.73 Å². The monoisotopic (exact) mass is 245 g/mol. The quantitative estimate of drug-likeness (QED) is 0.758.